The SMILES string of the molecule is Cc1cc(C(C)(C)n2c(=O)n(C(C)(C)c3ccc(N=C=O)c(C)c3)c(=O)n(C(C)(C)c3ccc(N=C=O)c(C)c3)c2=O)ccc1N=C=O. The van der Waals surface area contributed by atoms with Crippen molar-refractivity contribution in [3.63, 3.8) is 0 Å². The number of aliphatic imine (C=N–C) groups is 3. The molecule has 0 saturated heterocycles. The first-order valence-corrected chi connectivity index (χ1v) is 15.0. The van der Waals surface area contributed by atoms with Crippen LogP contribution in [0.1, 0.15) is 74.9 Å². The smallest absolute Gasteiger partial charge is 0.247 e. The van der Waals surface area contributed by atoms with Gasteiger partial charge >= 0.3 is 17.1 Å². The van der Waals surface area contributed by atoms with Gasteiger partial charge in [-0.25, -0.2) is 42.5 Å². The molecule has 0 atom stereocenters. The Hall–Kier alpha value is -5.79. The number of nitrogens with zero attached hydrogens (tertiary/aromatic N) is 6. The summed E-state index contributed by atoms with van der Waals surface area (Å²) in [6.45, 7) is 15.4. The van der Waals surface area contributed by atoms with Gasteiger partial charge in [-0.2, -0.15) is 15.0 Å². The quantitative estimate of drug-likeness (QED) is 0.176. The summed E-state index contributed by atoms with van der Waals surface area (Å²) < 4.78 is 3.18. The van der Waals surface area contributed by atoms with Gasteiger partial charge in [-0.15, -0.1) is 0 Å². The molecule has 0 unspecified atom stereocenters. The minimum atomic E-state index is -1.32. The average Bonchev–Trinajstić information content (AvgIpc) is 2.99. The van der Waals surface area contributed by atoms with Crippen molar-refractivity contribution >= 4 is 35.3 Å². The second kappa shape index (κ2) is 12.8. The number of benzene rings is 3. The predicted octanol–water partition coefficient (Wildman–Crippen LogP) is 5.35. The van der Waals surface area contributed by atoms with E-state index in [-0.39, 0.29) is 0 Å². The Morgan fingerprint density at radius 1 is 0.458 bits per heavy atom. The lowest BCUT2D eigenvalue weighted by Crippen LogP contribution is -2.65. The molecule has 0 aliphatic heterocycles. The Bertz CT molecular complexity index is 2000. The molecule has 0 N–H and O–H groups in total. The van der Waals surface area contributed by atoms with E-state index in [1.165, 1.54) is 18.2 Å². The van der Waals surface area contributed by atoms with Gasteiger partial charge in [-0.3, -0.25) is 0 Å². The van der Waals surface area contributed by atoms with Crippen LogP contribution in [0.4, 0.5) is 17.1 Å². The first kappa shape index (κ1) is 35.1. The maximum Gasteiger partial charge on any atom is 0.337 e. The first-order chi connectivity index (χ1) is 22.4. The van der Waals surface area contributed by atoms with Crippen molar-refractivity contribution < 1.29 is 14.4 Å². The molecule has 246 valence electrons. The molecule has 0 spiro atoms. The van der Waals surface area contributed by atoms with E-state index in [2.05, 4.69) is 15.0 Å². The summed E-state index contributed by atoms with van der Waals surface area (Å²) in [7, 11) is 0. The summed E-state index contributed by atoms with van der Waals surface area (Å²) in [5, 5.41) is 0. The van der Waals surface area contributed by atoms with Gasteiger partial charge in [-0.1, -0.05) is 36.4 Å². The molecule has 0 aliphatic carbocycles. The summed E-state index contributed by atoms with van der Waals surface area (Å²) in [6, 6.07) is 15.0. The van der Waals surface area contributed by atoms with E-state index >= 15 is 0 Å². The van der Waals surface area contributed by atoms with E-state index in [0.717, 1.165) is 13.7 Å². The van der Waals surface area contributed by atoms with Crippen LogP contribution in [-0.2, 0) is 31.0 Å². The largest absolute Gasteiger partial charge is 0.337 e. The number of isocyanates is 3. The topological polar surface area (TPSA) is 154 Å². The Kier molecular flexibility index (Phi) is 9.34. The van der Waals surface area contributed by atoms with Crippen molar-refractivity contribution in [2.45, 2.75) is 78.9 Å². The van der Waals surface area contributed by atoms with Crippen LogP contribution >= 0.6 is 0 Å². The minimum Gasteiger partial charge on any atom is -0.247 e. The number of carbonyl (C=O) groups excluding carboxylic acids is 3. The molecule has 0 bridgehead atoms. The second-order valence-electron chi connectivity index (χ2n) is 13.1. The van der Waals surface area contributed by atoms with Crippen LogP contribution in [-0.4, -0.2) is 31.9 Å². The van der Waals surface area contributed by atoms with E-state index in [1.54, 1.807) is 117 Å². The molecular formula is C36H36N6O6. The van der Waals surface area contributed by atoms with Gasteiger partial charge in [0.15, 0.2) is 0 Å². The van der Waals surface area contributed by atoms with Crippen LogP contribution < -0.4 is 17.1 Å². The third-order valence-corrected chi connectivity index (χ3v) is 9.03. The van der Waals surface area contributed by atoms with Crippen molar-refractivity contribution in [2.75, 3.05) is 0 Å². The van der Waals surface area contributed by atoms with Crippen LogP contribution in [0, 0.1) is 20.8 Å². The zero-order chi connectivity index (χ0) is 35.8. The fraction of sp³-hybridized carbons (Fsp3) is 0.333. The standard InChI is InChI=1S/C36H36N6O6/c1-22-16-25(10-13-28(22)37-19-43)34(4,5)40-31(46)41(35(6,7)26-11-14-29(38-20-44)23(2)17-26)33(48)42(32(40)47)36(8,9)27-12-15-30(39-21-45)24(3)18-27/h10-18H,1-9H3. The normalized spacial score (nSPS) is 11.7. The summed E-state index contributed by atoms with van der Waals surface area (Å²) in [5.41, 5.74) is -1.83. The second-order valence-corrected chi connectivity index (χ2v) is 13.1. The Morgan fingerprint density at radius 3 is 0.875 bits per heavy atom. The Morgan fingerprint density at radius 2 is 0.688 bits per heavy atom. The molecule has 0 amide bonds. The fourth-order valence-corrected chi connectivity index (χ4v) is 6.00. The van der Waals surface area contributed by atoms with Crippen molar-refractivity contribution in [3.05, 3.63) is 119 Å². The highest BCUT2D eigenvalue weighted by molar-refractivity contribution is 5.56. The molecular weight excluding hydrogens is 612 g/mol. The van der Waals surface area contributed by atoms with E-state index < -0.39 is 33.7 Å². The molecule has 12 heteroatoms. The van der Waals surface area contributed by atoms with Crippen molar-refractivity contribution in [2.24, 2.45) is 15.0 Å². The molecule has 0 radical (unpaired) electrons. The number of hydrogen-bond donors (Lipinski definition) is 0. The highest BCUT2D eigenvalue weighted by atomic mass is 16.2. The maximum absolute atomic E-state index is 14.7. The van der Waals surface area contributed by atoms with Gasteiger partial charge in [0.2, 0.25) is 18.2 Å². The van der Waals surface area contributed by atoms with Gasteiger partial charge in [0.05, 0.1) is 33.7 Å². The molecule has 12 nitrogen and oxygen atoms in total. The lowest BCUT2D eigenvalue weighted by molar-refractivity contribution is 0.267. The summed E-state index contributed by atoms with van der Waals surface area (Å²) in [4.78, 5) is 88.0. The number of hydrogen-bond acceptors (Lipinski definition) is 9. The average molecular weight is 649 g/mol. The molecule has 1 aromatic heterocycles. The van der Waals surface area contributed by atoms with E-state index in [4.69, 9.17) is 0 Å². The summed E-state index contributed by atoms with van der Waals surface area (Å²) in [6.07, 6.45) is 4.58. The van der Waals surface area contributed by atoms with Gasteiger partial charge in [0, 0.05) is 0 Å². The third-order valence-electron chi connectivity index (χ3n) is 9.03. The van der Waals surface area contributed by atoms with E-state index in [1.807, 2.05) is 0 Å². The molecule has 0 saturated carbocycles. The van der Waals surface area contributed by atoms with Crippen molar-refractivity contribution in [3.8, 4) is 0 Å². The molecule has 4 aromatic rings. The maximum atomic E-state index is 14.7. The number of rotatable bonds is 9. The molecule has 48 heavy (non-hydrogen) atoms. The monoisotopic (exact) mass is 648 g/mol. The fourth-order valence-electron chi connectivity index (χ4n) is 6.00. The van der Waals surface area contributed by atoms with Crippen LogP contribution in [0.5, 0.6) is 0 Å². The van der Waals surface area contributed by atoms with E-state index in [9.17, 15) is 28.8 Å². The molecule has 0 fully saturated rings. The molecule has 3 aromatic carbocycles. The zero-order valence-electron chi connectivity index (χ0n) is 28.3. The van der Waals surface area contributed by atoms with Crippen LogP contribution in [0.25, 0.3) is 0 Å². The Balaban J connectivity index is 2.15. The molecule has 1 heterocycles. The third kappa shape index (κ3) is 5.92. The molecule has 0 aliphatic rings. The van der Waals surface area contributed by atoms with Gasteiger partial charge < -0.3 is 0 Å². The summed E-state index contributed by atoms with van der Waals surface area (Å²) >= 11 is 0. The van der Waals surface area contributed by atoms with Crippen LogP contribution in [0.3, 0.4) is 0 Å². The minimum absolute atomic E-state index is 0.386. The Labute approximate surface area is 276 Å². The van der Waals surface area contributed by atoms with E-state index in [0.29, 0.717) is 50.4 Å². The number of aryl methyl sites for hydroxylation is 3. The number of aromatic nitrogens is 3. The predicted molar refractivity (Wildman–Crippen MR) is 181 cm³/mol. The first-order valence-electron chi connectivity index (χ1n) is 15.0. The van der Waals surface area contributed by atoms with Gasteiger partial charge in [-0.05, 0) is 114 Å². The van der Waals surface area contributed by atoms with Crippen molar-refractivity contribution in [1.29, 1.82) is 0 Å². The van der Waals surface area contributed by atoms with Gasteiger partial charge in [0.1, 0.15) is 0 Å². The zero-order valence-corrected chi connectivity index (χ0v) is 28.3. The lowest BCUT2D eigenvalue weighted by Gasteiger charge is -2.36. The van der Waals surface area contributed by atoms with Gasteiger partial charge in [0.25, 0.3) is 0 Å². The lowest BCUT2D eigenvalue weighted by atomic mass is 9.90. The van der Waals surface area contributed by atoms with Crippen LogP contribution in [0.2, 0.25) is 0 Å². The molecule has 4 rings (SSSR count). The van der Waals surface area contributed by atoms with Crippen molar-refractivity contribution in [1.82, 2.24) is 13.7 Å². The summed E-state index contributed by atoms with van der Waals surface area (Å²) in [5.74, 6) is 0. The van der Waals surface area contributed by atoms with Crippen LogP contribution in [0.15, 0.2) is 84.0 Å². The highest BCUT2D eigenvalue weighted by Gasteiger charge is 2.39. The highest BCUT2D eigenvalue weighted by Crippen LogP contribution is 2.32.